The normalized spacial score (nSPS) is 44.8. The van der Waals surface area contributed by atoms with E-state index in [4.69, 9.17) is 0 Å². The fourth-order valence-corrected chi connectivity index (χ4v) is 5.23. The van der Waals surface area contributed by atoms with Gasteiger partial charge in [-0.05, 0) is 74.0 Å². The average Bonchev–Trinajstić information content (AvgIpc) is 3.09. The zero-order valence-corrected chi connectivity index (χ0v) is 12.3. The Kier molecular flexibility index (Phi) is 3.42. The summed E-state index contributed by atoms with van der Waals surface area (Å²) in [5.74, 6) is 5.36. The molecule has 106 valence electrons. The Morgan fingerprint density at radius 2 is 1.00 bits per heavy atom. The van der Waals surface area contributed by atoms with Gasteiger partial charge in [0.25, 0.3) is 0 Å². The summed E-state index contributed by atoms with van der Waals surface area (Å²) < 4.78 is 0. The number of fused-ring (bicyclic) bond motifs is 2. The minimum atomic E-state index is 0.860. The first-order chi connectivity index (χ1) is 9.92. The molecule has 0 bridgehead atoms. The van der Waals surface area contributed by atoms with Crippen molar-refractivity contribution in [3.05, 3.63) is 48.6 Å². The molecule has 0 spiro atoms. The maximum atomic E-state index is 2.49. The van der Waals surface area contributed by atoms with E-state index >= 15 is 0 Å². The number of hydrogen-bond acceptors (Lipinski definition) is 0. The van der Waals surface area contributed by atoms with Crippen molar-refractivity contribution in [2.24, 2.45) is 35.5 Å². The van der Waals surface area contributed by atoms with Gasteiger partial charge in [-0.2, -0.15) is 0 Å². The van der Waals surface area contributed by atoms with Crippen molar-refractivity contribution in [3.8, 4) is 0 Å². The standard InChI is InChI=1S/C20H26/c1-3-7-19-15(5-1)9-11-17(19)13-14-18-12-10-16-6-2-4-8-20(16)18/h1-8,15-20H,9-14H2/t15?,16?,17-,18-,19?,20?/m0/s1. The van der Waals surface area contributed by atoms with Crippen LogP contribution in [-0.4, -0.2) is 0 Å². The Bertz CT molecular complexity index is 420. The monoisotopic (exact) mass is 266 g/mol. The third-order valence-corrected chi connectivity index (χ3v) is 6.33. The van der Waals surface area contributed by atoms with Crippen LogP contribution in [0.1, 0.15) is 38.5 Å². The van der Waals surface area contributed by atoms with Gasteiger partial charge in [0.15, 0.2) is 0 Å². The van der Waals surface area contributed by atoms with Crippen molar-refractivity contribution in [2.45, 2.75) is 38.5 Å². The quantitative estimate of drug-likeness (QED) is 0.650. The van der Waals surface area contributed by atoms with Crippen molar-refractivity contribution in [1.29, 1.82) is 0 Å². The molecule has 0 aromatic rings. The maximum Gasteiger partial charge on any atom is -0.0139 e. The molecule has 0 aromatic heterocycles. The smallest absolute Gasteiger partial charge is 0.0139 e. The first kappa shape index (κ1) is 12.7. The van der Waals surface area contributed by atoms with Gasteiger partial charge in [0.1, 0.15) is 0 Å². The molecule has 0 aromatic carbocycles. The molecule has 0 saturated heterocycles. The van der Waals surface area contributed by atoms with E-state index < -0.39 is 0 Å². The van der Waals surface area contributed by atoms with E-state index in [0.29, 0.717) is 0 Å². The zero-order valence-electron chi connectivity index (χ0n) is 12.3. The molecular weight excluding hydrogens is 240 g/mol. The second kappa shape index (κ2) is 5.39. The van der Waals surface area contributed by atoms with E-state index in [-0.39, 0.29) is 0 Å². The van der Waals surface area contributed by atoms with Crippen LogP contribution in [-0.2, 0) is 0 Å². The van der Waals surface area contributed by atoms with E-state index in [9.17, 15) is 0 Å². The summed E-state index contributed by atoms with van der Waals surface area (Å²) in [5, 5.41) is 0. The second-order valence-electron chi connectivity index (χ2n) is 7.27. The third-order valence-electron chi connectivity index (χ3n) is 6.33. The fraction of sp³-hybridized carbons (Fsp3) is 0.600. The van der Waals surface area contributed by atoms with E-state index in [2.05, 4.69) is 48.6 Å². The molecule has 4 aliphatic carbocycles. The Morgan fingerprint density at radius 3 is 1.50 bits per heavy atom. The van der Waals surface area contributed by atoms with Crippen LogP contribution in [0.3, 0.4) is 0 Å². The molecule has 4 rings (SSSR count). The summed E-state index contributed by atoms with van der Waals surface area (Å²) >= 11 is 0. The summed E-state index contributed by atoms with van der Waals surface area (Å²) in [6.45, 7) is 0. The van der Waals surface area contributed by atoms with Gasteiger partial charge in [0.2, 0.25) is 0 Å². The highest BCUT2D eigenvalue weighted by Gasteiger charge is 2.37. The van der Waals surface area contributed by atoms with Crippen LogP contribution in [0.5, 0.6) is 0 Å². The van der Waals surface area contributed by atoms with E-state index in [0.717, 1.165) is 35.5 Å². The molecule has 0 aliphatic heterocycles. The van der Waals surface area contributed by atoms with Crippen LogP contribution < -0.4 is 0 Å². The molecule has 20 heavy (non-hydrogen) atoms. The lowest BCUT2D eigenvalue weighted by molar-refractivity contribution is 0.316. The topological polar surface area (TPSA) is 0 Å². The van der Waals surface area contributed by atoms with Gasteiger partial charge in [-0.3, -0.25) is 0 Å². The molecule has 4 unspecified atom stereocenters. The summed E-state index contributed by atoms with van der Waals surface area (Å²) in [4.78, 5) is 0. The molecule has 4 aliphatic rings. The minimum absolute atomic E-state index is 0.860. The highest BCUT2D eigenvalue weighted by Crippen LogP contribution is 2.47. The molecule has 0 radical (unpaired) electrons. The lowest BCUT2D eigenvalue weighted by Crippen LogP contribution is -2.17. The Morgan fingerprint density at radius 1 is 0.550 bits per heavy atom. The van der Waals surface area contributed by atoms with Crippen molar-refractivity contribution in [3.63, 3.8) is 0 Å². The number of hydrogen-bond donors (Lipinski definition) is 0. The molecule has 0 amide bonds. The molecule has 6 atom stereocenters. The van der Waals surface area contributed by atoms with Crippen molar-refractivity contribution < 1.29 is 0 Å². The van der Waals surface area contributed by atoms with Gasteiger partial charge in [0, 0.05) is 0 Å². The van der Waals surface area contributed by atoms with Gasteiger partial charge in [0.05, 0.1) is 0 Å². The van der Waals surface area contributed by atoms with E-state index in [1.165, 1.54) is 38.5 Å². The molecule has 0 heterocycles. The van der Waals surface area contributed by atoms with Gasteiger partial charge in [-0.1, -0.05) is 48.6 Å². The van der Waals surface area contributed by atoms with Crippen LogP contribution in [0.15, 0.2) is 48.6 Å². The number of rotatable bonds is 3. The maximum absolute atomic E-state index is 2.49. The Labute approximate surface area is 123 Å². The zero-order chi connectivity index (χ0) is 13.4. The van der Waals surface area contributed by atoms with Gasteiger partial charge < -0.3 is 0 Å². The molecule has 2 fully saturated rings. The molecule has 0 N–H and O–H groups in total. The predicted octanol–water partition coefficient (Wildman–Crippen LogP) is 5.30. The van der Waals surface area contributed by atoms with E-state index in [1.54, 1.807) is 0 Å². The van der Waals surface area contributed by atoms with Crippen LogP contribution in [0.25, 0.3) is 0 Å². The highest BCUT2D eigenvalue weighted by atomic mass is 14.4. The van der Waals surface area contributed by atoms with Crippen LogP contribution in [0.2, 0.25) is 0 Å². The molecule has 0 heteroatoms. The first-order valence-electron chi connectivity index (χ1n) is 8.62. The van der Waals surface area contributed by atoms with E-state index in [1.807, 2.05) is 0 Å². The van der Waals surface area contributed by atoms with Crippen molar-refractivity contribution in [2.75, 3.05) is 0 Å². The van der Waals surface area contributed by atoms with Gasteiger partial charge in [-0.15, -0.1) is 0 Å². The van der Waals surface area contributed by atoms with Crippen LogP contribution >= 0.6 is 0 Å². The van der Waals surface area contributed by atoms with Gasteiger partial charge in [-0.25, -0.2) is 0 Å². The second-order valence-corrected chi connectivity index (χ2v) is 7.27. The molecule has 2 saturated carbocycles. The minimum Gasteiger partial charge on any atom is -0.0808 e. The summed E-state index contributed by atoms with van der Waals surface area (Å²) in [7, 11) is 0. The number of allylic oxidation sites excluding steroid dienone is 8. The van der Waals surface area contributed by atoms with Gasteiger partial charge >= 0.3 is 0 Å². The Balaban J connectivity index is 1.35. The summed E-state index contributed by atoms with van der Waals surface area (Å²) in [5.41, 5.74) is 0. The SMILES string of the molecule is C1=CC2CC[C@@H](CC[C@@H]3CCC4C=CC=CC43)C2C=C1. The first-order valence-corrected chi connectivity index (χ1v) is 8.62. The average molecular weight is 266 g/mol. The largest absolute Gasteiger partial charge is 0.0808 e. The van der Waals surface area contributed by atoms with Crippen LogP contribution in [0.4, 0.5) is 0 Å². The highest BCUT2D eigenvalue weighted by molar-refractivity contribution is 5.18. The lowest BCUT2D eigenvalue weighted by Gasteiger charge is -2.26. The summed E-state index contributed by atoms with van der Waals surface area (Å²) in [6.07, 6.45) is 27.6. The predicted molar refractivity (Wildman–Crippen MR) is 85.2 cm³/mol. The van der Waals surface area contributed by atoms with Crippen molar-refractivity contribution >= 4 is 0 Å². The summed E-state index contributed by atoms with van der Waals surface area (Å²) in [6, 6.07) is 0. The third kappa shape index (κ3) is 2.24. The molecular formula is C20H26. The fourth-order valence-electron chi connectivity index (χ4n) is 5.23. The molecule has 0 nitrogen and oxygen atoms in total. The van der Waals surface area contributed by atoms with Crippen LogP contribution in [0, 0.1) is 35.5 Å². The van der Waals surface area contributed by atoms with Crippen molar-refractivity contribution in [1.82, 2.24) is 0 Å². The lowest BCUT2D eigenvalue weighted by atomic mass is 9.79. The Hall–Kier alpha value is -1.04.